The minimum atomic E-state index is 0.663. The van der Waals surface area contributed by atoms with Gasteiger partial charge in [-0.3, -0.25) is 0 Å². The maximum atomic E-state index is 5.21. The van der Waals surface area contributed by atoms with E-state index in [1.54, 1.807) is 6.33 Å². The molecular formula is C14H16N2S. The molecule has 0 radical (unpaired) electrons. The van der Waals surface area contributed by atoms with Crippen LogP contribution in [0.2, 0.25) is 0 Å². The monoisotopic (exact) mass is 244 g/mol. The standard InChI is InChI=1S/C14H16N2S/c1-8-5-10(3)12(6-9(8)2)13-11(4)14(17)16-7-15-13/h5-7H,1-4H3,(H,15,16,17). The number of nitrogens with zero attached hydrogens (tertiary/aromatic N) is 1. The molecule has 0 unspecified atom stereocenters. The van der Waals surface area contributed by atoms with Gasteiger partial charge in [0.25, 0.3) is 0 Å². The van der Waals surface area contributed by atoms with Crippen LogP contribution in [0, 0.1) is 32.3 Å². The fraction of sp³-hybridized carbons (Fsp3) is 0.286. The Labute approximate surface area is 107 Å². The average Bonchev–Trinajstić information content (AvgIpc) is 2.28. The number of aromatic nitrogens is 2. The fourth-order valence-corrected chi connectivity index (χ4v) is 2.13. The van der Waals surface area contributed by atoms with Gasteiger partial charge >= 0.3 is 0 Å². The highest BCUT2D eigenvalue weighted by Crippen LogP contribution is 2.27. The molecule has 0 amide bonds. The summed E-state index contributed by atoms with van der Waals surface area (Å²) in [4.78, 5) is 7.30. The second-order valence-electron chi connectivity index (χ2n) is 4.46. The lowest BCUT2D eigenvalue weighted by atomic mass is 9.97. The molecule has 2 nitrogen and oxygen atoms in total. The van der Waals surface area contributed by atoms with Crippen molar-refractivity contribution in [1.82, 2.24) is 9.97 Å². The highest BCUT2D eigenvalue weighted by Gasteiger charge is 2.08. The third-order valence-corrected chi connectivity index (χ3v) is 3.61. The second-order valence-corrected chi connectivity index (χ2v) is 4.85. The fourth-order valence-electron chi connectivity index (χ4n) is 1.98. The van der Waals surface area contributed by atoms with Crippen molar-refractivity contribution >= 4 is 12.2 Å². The maximum Gasteiger partial charge on any atom is 0.132 e. The summed E-state index contributed by atoms with van der Waals surface area (Å²) in [5.74, 6) is 0. The van der Waals surface area contributed by atoms with E-state index in [1.807, 2.05) is 6.92 Å². The van der Waals surface area contributed by atoms with Crippen LogP contribution in [0.25, 0.3) is 11.3 Å². The molecule has 1 N–H and O–H groups in total. The zero-order chi connectivity index (χ0) is 12.6. The molecule has 0 spiro atoms. The molecule has 0 aliphatic heterocycles. The van der Waals surface area contributed by atoms with Gasteiger partial charge in [-0.15, -0.1) is 0 Å². The van der Waals surface area contributed by atoms with E-state index < -0.39 is 0 Å². The van der Waals surface area contributed by atoms with Crippen LogP contribution < -0.4 is 0 Å². The summed E-state index contributed by atoms with van der Waals surface area (Å²) in [5, 5.41) is 0. The summed E-state index contributed by atoms with van der Waals surface area (Å²) >= 11 is 5.21. The van der Waals surface area contributed by atoms with Crippen LogP contribution in [0.4, 0.5) is 0 Å². The van der Waals surface area contributed by atoms with Gasteiger partial charge in [0.1, 0.15) is 4.64 Å². The largest absolute Gasteiger partial charge is 0.346 e. The zero-order valence-electron chi connectivity index (χ0n) is 10.6. The first kappa shape index (κ1) is 12.0. The summed E-state index contributed by atoms with van der Waals surface area (Å²) in [6.45, 7) is 8.39. The minimum Gasteiger partial charge on any atom is -0.346 e. The Balaban J connectivity index is 2.73. The Hall–Kier alpha value is -1.48. The molecule has 0 saturated heterocycles. The van der Waals surface area contributed by atoms with Crippen molar-refractivity contribution in [3.63, 3.8) is 0 Å². The van der Waals surface area contributed by atoms with Crippen molar-refractivity contribution in [3.05, 3.63) is 45.4 Å². The molecule has 0 aliphatic rings. The Morgan fingerprint density at radius 1 is 1.00 bits per heavy atom. The molecule has 0 aliphatic carbocycles. The van der Waals surface area contributed by atoms with E-state index in [9.17, 15) is 0 Å². The first-order chi connectivity index (χ1) is 8.00. The third kappa shape index (κ3) is 2.15. The van der Waals surface area contributed by atoms with Gasteiger partial charge in [0, 0.05) is 11.1 Å². The van der Waals surface area contributed by atoms with E-state index >= 15 is 0 Å². The molecule has 1 aromatic heterocycles. The summed E-state index contributed by atoms with van der Waals surface area (Å²) < 4.78 is 0.663. The molecule has 2 rings (SSSR count). The van der Waals surface area contributed by atoms with Crippen molar-refractivity contribution in [1.29, 1.82) is 0 Å². The average molecular weight is 244 g/mol. The van der Waals surface area contributed by atoms with Gasteiger partial charge in [0.05, 0.1) is 12.0 Å². The summed E-state index contributed by atoms with van der Waals surface area (Å²) in [7, 11) is 0. The SMILES string of the molecule is Cc1cc(C)c(-c2[nH]cnc(=S)c2C)cc1C. The first-order valence-corrected chi connectivity index (χ1v) is 6.04. The molecular weight excluding hydrogens is 228 g/mol. The number of rotatable bonds is 1. The summed E-state index contributed by atoms with van der Waals surface area (Å²) in [6.07, 6.45) is 1.67. The number of nitrogens with one attached hydrogen (secondary N) is 1. The highest BCUT2D eigenvalue weighted by molar-refractivity contribution is 7.71. The van der Waals surface area contributed by atoms with E-state index in [1.165, 1.54) is 22.3 Å². The molecule has 0 fully saturated rings. The van der Waals surface area contributed by atoms with Gasteiger partial charge in [-0.05, 0) is 50.5 Å². The number of aromatic amines is 1. The summed E-state index contributed by atoms with van der Waals surface area (Å²) in [5.41, 5.74) is 7.18. The molecule has 88 valence electrons. The number of aryl methyl sites for hydroxylation is 3. The van der Waals surface area contributed by atoms with Crippen LogP contribution in [0.15, 0.2) is 18.5 Å². The molecule has 0 atom stereocenters. The molecule has 2 aromatic rings. The van der Waals surface area contributed by atoms with Crippen LogP contribution >= 0.6 is 12.2 Å². The third-order valence-electron chi connectivity index (χ3n) is 3.20. The number of hydrogen-bond donors (Lipinski definition) is 1. The Bertz CT molecular complexity index is 627. The predicted octanol–water partition coefficient (Wildman–Crippen LogP) is 4.04. The number of H-pyrrole nitrogens is 1. The van der Waals surface area contributed by atoms with Crippen LogP contribution in [0.5, 0.6) is 0 Å². The van der Waals surface area contributed by atoms with Crippen LogP contribution in [-0.4, -0.2) is 9.97 Å². The molecule has 3 heteroatoms. The maximum absolute atomic E-state index is 5.21. The highest BCUT2D eigenvalue weighted by atomic mass is 32.1. The first-order valence-electron chi connectivity index (χ1n) is 5.63. The van der Waals surface area contributed by atoms with Gasteiger partial charge in [0.2, 0.25) is 0 Å². The molecule has 1 heterocycles. The van der Waals surface area contributed by atoms with Crippen LogP contribution in [-0.2, 0) is 0 Å². The van der Waals surface area contributed by atoms with Gasteiger partial charge in [-0.1, -0.05) is 18.3 Å². The van der Waals surface area contributed by atoms with E-state index in [-0.39, 0.29) is 0 Å². The summed E-state index contributed by atoms with van der Waals surface area (Å²) in [6, 6.07) is 4.42. The molecule has 1 aromatic carbocycles. The smallest absolute Gasteiger partial charge is 0.132 e. The van der Waals surface area contributed by atoms with Gasteiger partial charge in [0.15, 0.2) is 0 Å². The van der Waals surface area contributed by atoms with Crippen LogP contribution in [0.3, 0.4) is 0 Å². The van der Waals surface area contributed by atoms with Crippen molar-refractivity contribution in [3.8, 4) is 11.3 Å². The quantitative estimate of drug-likeness (QED) is 0.767. The normalized spacial score (nSPS) is 10.6. The lowest BCUT2D eigenvalue weighted by molar-refractivity contribution is 1.11. The Morgan fingerprint density at radius 3 is 2.35 bits per heavy atom. The van der Waals surface area contributed by atoms with Gasteiger partial charge in [-0.2, -0.15) is 0 Å². The Kier molecular flexibility index (Phi) is 3.11. The van der Waals surface area contributed by atoms with E-state index in [0.717, 1.165) is 11.3 Å². The minimum absolute atomic E-state index is 0.663. The van der Waals surface area contributed by atoms with Gasteiger partial charge < -0.3 is 4.98 Å². The van der Waals surface area contributed by atoms with Crippen molar-refractivity contribution in [2.45, 2.75) is 27.7 Å². The number of benzene rings is 1. The van der Waals surface area contributed by atoms with Crippen LogP contribution in [0.1, 0.15) is 22.3 Å². The van der Waals surface area contributed by atoms with Crippen molar-refractivity contribution in [2.24, 2.45) is 0 Å². The molecule has 17 heavy (non-hydrogen) atoms. The van der Waals surface area contributed by atoms with Crippen molar-refractivity contribution < 1.29 is 0 Å². The molecule has 0 bridgehead atoms. The van der Waals surface area contributed by atoms with Gasteiger partial charge in [-0.25, -0.2) is 4.98 Å². The predicted molar refractivity (Wildman–Crippen MR) is 73.8 cm³/mol. The van der Waals surface area contributed by atoms with E-state index in [0.29, 0.717) is 4.64 Å². The lowest BCUT2D eigenvalue weighted by Crippen LogP contribution is -1.95. The van der Waals surface area contributed by atoms with E-state index in [4.69, 9.17) is 12.2 Å². The van der Waals surface area contributed by atoms with E-state index in [2.05, 4.69) is 42.9 Å². The second kappa shape index (κ2) is 4.41. The Morgan fingerprint density at radius 2 is 1.65 bits per heavy atom. The van der Waals surface area contributed by atoms with Crippen molar-refractivity contribution in [2.75, 3.05) is 0 Å². The molecule has 0 saturated carbocycles. The topological polar surface area (TPSA) is 28.7 Å². The zero-order valence-corrected chi connectivity index (χ0v) is 11.4. The lowest BCUT2D eigenvalue weighted by Gasteiger charge is -2.12. The number of hydrogen-bond acceptors (Lipinski definition) is 2.